The van der Waals surface area contributed by atoms with Crippen molar-refractivity contribution in [2.45, 2.75) is 19.3 Å². The zero-order valence-corrected chi connectivity index (χ0v) is 18.4. The molecule has 10 nitrogen and oxygen atoms in total. The Hall–Kier alpha value is -3.83. The predicted octanol–water partition coefficient (Wildman–Crippen LogP) is 3.68. The number of para-hydroxylation sites is 1. The van der Waals surface area contributed by atoms with E-state index in [0.717, 1.165) is 23.8 Å². The largest absolute Gasteiger partial charge is 0.477 e. The Morgan fingerprint density at radius 2 is 1.91 bits per heavy atom. The summed E-state index contributed by atoms with van der Waals surface area (Å²) in [6.07, 6.45) is 2.16. The molecule has 33 heavy (non-hydrogen) atoms. The lowest BCUT2D eigenvalue weighted by atomic mass is 10.1. The highest BCUT2D eigenvalue weighted by Crippen LogP contribution is 2.29. The smallest absolute Gasteiger partial charge is 0.352 e. The normalized spacial score (nSPS) is 13.8. The third kappa shape index (κ3) is 5.16. The number of hydrogen-bond acceptors (Lipinski definition) is 9. The van der Waals surface area contributed by atoms with Crippen LogP contribution in [0, 0.1) is 10.1 Å². The van der Waals surface area contributed by atoms with Crippen molar-refractivity contribution in [1.29, 1.82) is 0 Å². The molecule has 1 aromatic heterocycles. The van der Waals surface area contributed by atoms with Crippen LogP contribution in [0.25, 0.3) is 11.3 Å². The number of nitrogens with zero attached hydrogens (tertiary/aromatic N) is 5. The van der Waals surface area contributed by atoms with E-state index < -0.39 is 10.9 Å². The van der Waals surface area contributed by atoms with Crippen LogP contribution >= 0.6 is 11.3 Å². The molecular weight excluding hydrogens is 444 g/mol. The van der Waals surface area contributed by atoms with Crippen LogP contribution in [-0.4, -0.2) is 39.8 Å². The highest BCUT2D eigenvalue weighted by molar-refractivity contribution is 7.14. The van der Waals surface area contributed by atoms with Crippen LogP contribution in [0.1, 0.15) is 18.4 Å². The number of carbonyl (C=O) groups is 1. The average molecular weight is 467 g/mol. The topological polar surface area (TPSA) is 138 Å². The SMILES string of the molecule is NN(/N=C(\Cc1ccccc1[N+](=O)[O-])C(=O)O)c1nc(-c2ccc(N3CCCC3)cc2)cs1. The van der Waals surface area contributed by atoms with Gasteiger partial charge >= 0.3 is 5.97 Å². The van der Waals surface area contributed by atoms with E-state index in [-0.39, 0.29) is 23.4 Å². The fourth-order valence-electron chi connectivity index (χ4n) is 3.67. The van der Waals surface area contributed by atoms with Crippen molar-refractivity contribution in [3.63, 3.8) is 0 Å². The third-order valence-electron chi connectivity index (χ3n) is 5.34. The molecule has 0 amide bonds. The van der Waals surface area contributed by atoms with Gasteiger partial charge in [0.05, 0.1) is 10.6 Å². The fraction of sp³-hybridized carbons (Fsp3) is 0.227. The van der Waals surface area contributed by atoms with E-state index in [9.17, 15) is 20.0 Å². The second-order valence-corrected chi connectivity index (χ2v) is 8.35. The molecule has 170 valence electrons. The molecule has 0 radical (unpaired) electrons. The molecule has 1 aliphatic heterocycles. The molecule has 0 bridgehead atoms. The number of hydrogen-bond donors (Lipinski definition) is 2. The number of nitro benzene ring substituents is 1. The van der Waals surface area contributed by atoms with E-state index in [1.165, 1.54) is 48.1 Å². The quantitative estimate of drug-likeness (QED) is 0.222. The Labute approximate surface area is 193 Å². The van der Waals surface area contributed by atoms with Crippen LogP contribution in [0.3, 0.4) is 0 Å². The van der Waals surface area contributed by atoms with Gasteiger partial charge in [-0.3, -0.25) is 10.1 Å². The number of rotatable bonds is 8. The third-order valence-corrected chi connectivity index (χ3v) is 6.17. The highest BCUT2D eigenvalue weighted by Gasteiger charge is 2.20. The van der Waals surface area contributed by atoms with Gasteiger partial charge in [0.15, 0.2) is 5.71 Å². The first-order chi connectivity index (χ1) is 15.9. The molecule has 1 aliphatic rings. The molecule has 4 rings (SSSR count). The number of carboxylic acid groups (broad SMARTS) is 1. The molecule has 2 aromatic carbocycles. The van der Waals surface area contributed by atoms with Gasteiger partial charge in [-0.15, -0.1) is 11.3 Å². The maximum atomic E-state index is 11.7. The Morgan fingerprint density at radius 3 is 2.58 bits per heavy atom. The van der Waals surface area contributed by atoms with Crippen molar-refractivity contribution < 1.29 is 14.8 Å². The van der Waals surface area contributed by atoms with Crippen molar-refractivity contribution >= 4 is 39.5 Å². The van der Waals surface area contributed by atoms with Crippen LogP contribution in [0.15, 0.2) is 59.0 Å². The number of anilines is 2. The number of thiazole rings is 1. The van der Waals surface area contributed by atoms with Gasteiger partial charge in [-0.05, 0) is 25.0 Å². The first kappa shape index (κ1) is 22.4. The summed E-state index contributed by atoms with van der Waals surface area (Å²) < 4.78 is 0. The summed E-state index contributed by atoms with van der Waals surface area (Å²) in [4.78, 5) is 29.2. The second-order valence-electron chi connectivity index (χ2n) is 7.52. The lowest BCUT2D eigenvalue weighted by Gasteiger charge is -2.17. The Kier molecular flexibility index (Phi) is 6.61. The minimum atomic E-state index is -1.32. The molecule has 3 aromatic rings. The van der Waals surface area contributed by atoms with Crippen LogP contribution in [0.4, 0.5) is 16.5 Å². The summed E-state index contributed by atoms with van der Waals surface area (Å²) in [5.41, 5.74) is 2.51. The maximum Gasteiger partial charge on any atom is 0.352 e. The number of hydrazone groups is 1. The Morgan fingerprint density at radius 1 is 1.21 bits per heavy atom. The molecular formula is C22H22N6O4S. The van der Waals surface area contributed by atoms with Crippen LogP contribution in [-0.2, 0) is 11.2 Å². The molecule has 11 heteroatoms. The van der Waals surface area contributed by atoms with Gasteiger partial charge in [0.1, 0.15) is 0 Å². The average Bonchev–Trinajstić information content (AvgIpc) is 3.51. The number of aliphatic carboxylic acids is 1. The minimum absolute atomic E-state index is 0.177. The van der Waals surface area contributed by atoms with Crippen molar-refractivity contribution in [2.75, 3.05) is 23.1 Å². The Balaban J connectivity index is 1.52. The number of benzene rings is 2. The summed E-state index contributed by atoms with van der Waals surface area (Å²) in [5, 5.41) is 27.8. The van der Waals surface area contributed by atoms with Gasteiger partial charge in [0, 0.05) is 47.8 Å². The Bertz CT molecular complexity index is 1190. The van der Waals surface area contributed by atoms with Gasteiger partial charge in [-0.25, -0.2) is 15.6 Å². The standard InChI is InChI=1S/C22H22N6O4S/c23-27(25-18(21(29)30)13-16-5-1-2-6-20(16)28(31)32)22-24-19(14-33-22)15-7-9-17(10-8-15)26-11-3-4-12-26/h1-2,5-10,14H,3-4,11-13,23H2,(H,29,30)/b25-18+. The monoisotopic (exact) mass is 466 g/mol. The van der Waals surface area contributed by atoms with E-state index >= 15 is 0 Å². The van der Waals surface area contributed by atoms with Crippen molar-refractivity contribution in [2.24, 2.45) is 10.9 Å². The molecule has 1 saturated heterocycles. The summed E-state index contributed by atoms with van der Waals surface area (Å²) >= 11 is 1.22. The molecule has 0 aliphatic carbocycles. The number of nitro groups is 1. The second kappa shape index (κ2) is 9.76. The van der Waals surface area contributed by atoms with Crippen LogP contribution in [0.5, 0.6) is 0 Å². The highest BCUT2D eigenvalue weighted by atomic mass is 32.1. The van der Waals surface area contributed by atoms with E-state index in [1.807, 2.05) is 17.5 Å². The maximum absolute atomic E-state index is 11.7. The predicted molar refractivity (Wildman–Crippen MR) is 128 cm³/mol. The first-order valence-electron chi connectivity index (χ1n) is 10.3. The van der Waals surface area contributed by atoms with Gasteiger partial charge in [0.25, 0.3) is 5.69 Å². The summed E-state index contributed by atoms with van der Waals surface area (Å²) in [5.74, 6) is 4.65. The molecule has 0 spiro atoms. The molecule has 2 heterocycles. The zero-order chi connectivity index (χ0) is 23.4. The number of nitrogens with two attached hydrogens (primary N) is 1. The summed E-state index contributed by atoms with van der Waals surface area (Å²) in [6.45, 7) is 2.14. The zero-order valence-electron chi connectivity index (χ0n) is 17.6. The van der Waals surface area contributed by atoms with E-state index in [4.69, 9.17) is 5.84 Å². The van der Waals surface area contributed by atoms with Crippen molar-refractivity contribution in [3.05, 3.63) is 69.6 Å². The molecule has 1 fully saturated rings. The van der Waals surface area contributed by atoms with Gasteiger partial charge < -0.3 is 10.0 Å². The van der Waals surface area contributed by atoms with Gasteiger partial charge in [-0.1, -0.05) is 30.3 Å². The van der Waals surface area contributed by atoms with Crippen LogP contribution < -0.4 is 15.9 Å². The lowest BCUT2D eigenvalue weighted by Crippen LogP contribution is -2.29. The van der Waals surface area contributed by atoms with Gasteiger partial charge in [0.2, 0.25) is 5.13 Å². The molecule has 0 unspecified atom stereocenters. The van der Waals surface area contributed by atoms with Gasteiger partial charge in [-0.2, -0.15) is 10.2 Å². The van der Waals surface area contributed by atoms with Crippen molar-refractivity contribution in [3.8, 4) is 11.3 Å². The molecule has 3 N–H and O–H groups in total. The number of aromatic nitrogens is 1. The number of hydrazine groups is 1. The molecule has 0 saturated carbocycles. The minimum Gasteiger partial charge on any atom is -0.477 e. The summed E-state index contributed by atoms with van der Waals surface area (Å²) in [6, 6.07) is 14.0. The fourth-order valence-corrected chi connectivity index (χ4v) is 4.37. The van der Waals surface area contributed by atoms with E-state index in [1.54, 1.807) is 6.07 Å². The van der Waals surface area contributed by atoms with E-state index in [0.29, 0.717) is 10.8 Å². The first-order valence-corrected chi connectivity index (χ1v) is 11.2. The number of carboxylic acids is 1. The summed E-state index contributed by atoms with van der Waals surface area (Å²) in [7, 11) is 0. The van der Waals surface area contributed by atoms with E-state index in [2.05, 4.69) is 27.1 Å². The lowest BCUT2D eigenvalue weighted by molar-refractivity contribution is -0.385. The van der Waals surface area contributed by atoms with Crippen LogP contribution in [0.2, 0.25) is 0 Å². The van der Waals surface area contributed by atoms with Crippen molar-refractivity contribution in [1.82, 2.24) is 4.98 Å². The molecule has 0 atom stereocenters.